The van der Waals surface area contributed by atoms with Crippen LogP contribution in [0.3, 0.4) is 0 Å². The molecular formula is C2H3FO2. The molecule has 0 unspecified atom stereocenters. The van der Waals surface area contributed by atoms with Crippen molar-refractivity contribution in [2.45, 2.75) is 0 Å². The fraction of sp³-hybridized carbons (Fsp3) is 0.500. The van der Waals surface area contributed by atoms with Crippen molar-refractivity contribution in [1.82, 2.24) is 0 Å². The lowest BCUT2D eigenvalue weighted by molar-refractivity contribution is -0.137. The number of hydrogen-bond acceptors (Lipinski definition) is 1. The number of carbonyl (C=O) groups is 1. The van der Waals surface area contributed by atoms with Crippen molar-refractivity contribution >= 4 is 5.97 Å². The number of carboxylic acids is 1. The summed E-state index contributed by atoms with van der Waals surface area (Å²) in [6.07, 6.45) is 0. The monoisotopic (exact) mass is 79.0 g/mol. The molecule has 0 aromatic rings. The summed E-state index contributed by atoms with van der Waals surface area (Å²) in [4.78, 5) is 9.14. The maximum absolute atomic E-state index is 10.9. The molecular weight excluding hydrogens is 75.0 g/mol. The van der Waals surface area contributed by atoms with Crippen molar-refractivity contribution in [2.24, 2.45) is 0 Å². The Morgan fingerprint density at radius 1 is 2.40 bits per heavy atom. The van der Waals surface area contributed by atoms with Gasteiger partial charge in [0, 0.05) is 0 Å². The van der Waals surface area contributed by atoms with Crippen LogP contribution in [0.15, 0.2) is 0 Å². The molecule has 0 aliphatic carbocycles. The van der Waals surface area contributed by atoms with Gasteiger partial charge in [0.15, 0.2) is 6.65 Å². The second kappa shape index (κ2) is 1.69. The molecule has 0 saturated carbocycles. The molecule has 5 heavy (non-hydrogen) atoms. The third kappa shape index (κ3) is 3.40. The molecule has 2 nitrogen and oxygen atoms in total. The average Bonchev–Trinajstić information content (AvgIpc) is 1.36. The van der Waals surface area contributed by atoms with E-state index >= 15 is 0 Å². The number of carboxylic acid groups (broad SMARTS) is 1. The molecule has 1 N–H and O–H groups in total. The lowest BCUT2D eigenvalue weighted by atomic mass is 10.8. The summed E-state index contributed by atoms with van der Waals surface area (Å²) in [6, 6.07) is 0. The molecule has 0 fully saturated rings. The van der Waals surface area contributed by atoms with Crippen LogP contribution in [0.5, 0.6) is 0 Å². The average molecular weight is 79.0 g/mol. The van der Waals surface area contributed by atoms with Gasteiger partial charge in [-0.3, -0.25) is 0 Å². The molecule has 1 atom stereocenters. The van der Waals surface area contributed by atoms with Crippen LogP contribution in [0, 0.1) is 0 Å². The van der Waals surface area contributed by atoms with Crippen molar-refractivity contribution in [2.75, 3.05) is 6.65 Å². The van der Waals surface area contributed by atoms with Gasteiger partial charge < -0.3 is 5.11 Å². The van der Waals surface area contributed by atoms with Gasteiger partial charge in [0.05, 0.1) is 1.37 Å². The van der Waals surface area contributed by atoms with Gasteiger partial charge in [0.1, 0.15) is 0 Å². The topological polar surface area (TPSA) is 37.3 Å². The zero-order valence-electron chi connectivity index (χ0n) is 3.31. The fourth-order valence-corrected chi connectivity index (χ4v) is 0. The minimum absolute atomic E-state index is 1.74. The Balaban J connectivity index is 3.26. The van der Waals surface area contributed by atoms with Gasteiger partial charge in [-0.2, -0.15) is 0 Å². The van der Waals surface area contributed by atoms with E-state index in [1.54, 1.807) is 0 Å². The predicted molar refractivity (Wildman–Crippen MR) is 13.6 cm³/mol. The summed E-state index contributed by atoms with van der Waals surface area (Å²) < 4.78 is 16.7. The van der Waals surface area contributed by atoms with E-state index in [1.165, 1.54) is 0 Å². The van der Waals surface area contributed by atoms with Crippen molar-refractivity contribution in [3.63, 3.8) is 0 Å². The second-order valence-corrected chi connectivity index (χ2v) is 0.447. The van der Waals surface area contributed by atoms with E-state index in [0.29, 0.717) is 0 Å². The zero-order chi connectivity index (χ0) is 5.15. The summed E-state index contributed by atoms with van der Waals surface area (Å²) in [6.45, 7) is -2.48. The lowest BCUT2D eigenvalue weighted by Gasteiger charge is -1.69. The second-order valence-electron chi connectivity index (χ2n) is 0.447. The molecule has 0 heterocycles. The number of rotatable bonds is 1. The molecule has 30 valence electrons. The normalized spacial score (nSPS) is 16.6. The standard InChI is InChI=1S/C2H3FO2/c3-1-2(4)5/h1H2,(H,4,5)/i1D/t1-/m0/s1. The number of alkyl halides is 1. The van der Waals surface area contributed by atoms with Crippen LogP contribution in [0.4, 0.5) is 4.39 Å². The molecule has 0 aliphatic heterocycles. The van der Waals surface area contributed by atoms with Crippen molar-refractivity contribution < 1.29 is 15.7 Å². The summed E-state index contributed by atoms with van der Waals surface area (Å²) in [5.41, 5.74) is 0. The van der Waals surface area contributed by atoms with Gasteiger partial charge in [-0.25, -0.2) is 9.18 Å². The molecule has 0 aromatic heterocycles. The smallest absolute Gasteiger partial charge is 0.335 e. The van der Waals surface area contributed by atoms with E-state index < -0.39 is 12.6 Å². The SMILES string of the molecule is [2H][C@H](F)C(=O)O. The largest absolute Gasteiger partial charge is 0.479 e. The number of hydrogen-bond donors (Lipinski definition) is 1. The maximum atomic E-state index is 10.9. The zero-order valence-corrected chi connectivity index (χ0v) is 2.31. The lowest BCUT2D eigenvalue weighted by Crippen LogP contribution is -1.93. The van der Waals surface area contributed by atoms with E-state index in [2.05, 4.69) is 0 Å². The first-order valence-corrected chi connectivity index (χ1v) is 0.935. The Morgan fingerprint density at radius 3 is 2.60 bits per heavy atom. The summed E-state index contributed by atoms with van der Waals surface area (Å²) in [5, 5.41) is 7.43. The summed E-state index contributed by atoms with van der Waals surface area (Å²) in [7, 11) is 0. The minimum atomic E-state index is -2.48. The van der Waals surface area contributed by atoms with E-state index in [4.69, 9.17) is 11.3 Å². The molecule has 0 rings (SSSR count). The highest BCUT2D eigenvalue weighted by molar-refractivity contribution is 5.67. The van der Waals surface area contributed by atoms with Gasteiger partial charge in [-0.15, -0.1) is 0 Å². The highest BCUT2D eigenvalue weighted by Crippen LogP contribution is 1.60. The Morgan fingerprint density at radius 2 is 2.60 bits per heavy atom. The molecule has 0 radical (unpaired) electrons. The number of halogens is 1. The summed E-state index contributed by atoms with van der Waals surface area (Å²) >= 11 is 0. The van der Waals surface area contributed by atoms with Crippen molar-refractivity contribution in [3.8, 4) is 0 Å². The molecule has 0 aliphatic rings. The molecule has 0 aromatic carbocycles. The molecule has 0 spiro atoms. The first kappa shape index (κ1) is 2.63. The van der Waals surface area contributed by atoms with Gasteiger partial charge in [0.2, 0.25) is 0 Å². The van der Waals surface area contributed by atoms with Crippen LogP contribution in [0.25, 0.3) is 0 Å². The summed E-state index contributed by atoms with van der Waals surface area (Å²) in [5.74, 6) is -1.74. The van der Waals surface area contributed by atoms with E-state index in [1.807, 2.05) is 0 Å². The Kier molecular flexibility index (Phi) is 0.890. The molecule has 0 amide bonds. The minimum Gasteiger partial charge on any atom is -0.479 e. The van der Waals surface area contributed by atoms with E-state index in [-0.39, 0.29) is 0 Å². The highest BCUT2D eigenvalue weighted by Gasteiger charge is 1.85. The van der Waals surface area contributed by atoms with Gasteiger partial charge in [-0.1, -0.05) is 0 Å². The molecule has 0 bridgehead atoms. The van der Waals surface area contributed by atoms with Crippen LogP contribution in [-0.2, 0) is 4.79 Å². The first-order chi connectivity index (χ1) is 2.64. The predicted octanol–water partition coefficient (Wildman–Crippen LogP) is 0.0405. The van der Waals surface area contributed by atoms with Gasteiger partial charge in [-0.05, 0) is 0 Å². The van der Waals surface area contributed by atoms with Gasteiger partial charge >= 0.3 is 5.97 Å². The Bertz CT molecular complexity index is 62.6. The molecule has 3 heteroatoms. The van der Waals surface area contributed by atoms with Crippen molar-refractivity contribution in [3.05, 3.63) is 0 Å². The fourth-order valence-electron chi connectivity index (χ4n) is 0. The van der Waals surface area contributed by atoms with Crippen LogP contribution >= 0.6 is 0 Å². The maximum Gasteiger partial charge on any atom is 0.335 e. The quantitative estimate of drug-likeness (QED) is 0.481. The van der Waals surface area contributed by atoms with Crippen LogP contribution in [-0.4, -0.2) is 17.7 Å². The first-order valence-electron chi connectivity index (χ1n) is 1.51. The highest BCUT2D eigenvalue weighted by atomic mass is 19.1. The van der Waals surface area contributed by atoms with E-state index in [0.717, 1.165) is 0 Å². The molecule has 0 saturated heterocycles. The van der Waals surface area contributed by atoms with Crippen LogP contribution < -0.4 is 0 Å². The number of aliphatic carboxylic acids is 1. The third-order valence-corrected chi connectivity index (χ3v) is 0.0933. The van der Waals surface area contributed by atoms with Crippen LogP contribution in [0.2, 0.25) is 0 Å². The van der Waals surface area contributed by atoms with Crippen LogP contribution in [0.1, 0.15) is 1.37 Å². The van der Waals surface area contributed by atoms with E-state index in [9.17, 15) is 4.39 Å². The Labute approximate surface area is 29.6 Å². The van der Waals surface area contributed by atoms with Crippen molar-refractivity contribution in [1.29, 1.82) is 0 Å². The Hall–Kier alpha value is -0.600. The van der Waals surface area contributed by atoms with Gasteiger partial charge in [0.25, 0.3) is 0 Å². The third-order valence-electron chi connectivity index (χ3n) is 0.0933.